The molecule has 1 aromatic heterocycles. The molecule has 0 spiro atoms. The van der Waals surface area contributed by atoms with Crippen LogP contribution in [-0.2, 0) is 10.2 Å². The minimum atomic E-state index is -0.903. The molecule has 1 saturated carbocycles. The van der Waals surface area contributed by atoms with E-state index in [4.69, 9.17) is 17.3 Å². The van der Waals surface area contributed by atoms with Crippen molar-refractivity contribution in [2.24, 2.45) is 5.73 Å². The average Bonchev–Trinajstić information content (AvgIpc) is 2.13. The summed E-state index contributed by atoms with van der Waals surface area (Å²) in [6.07, 6.45) is 3.89. The summed E-state index contributed by atoms with van der Waals surface area (Å²) in [6.45, 7) is 0. The molecule has 5 heteroatoms. The van der Waals surface area contributed by atoms with Crippen LogP contribution in [0.15, 0.2) is 18.5 Å². The molecule has 1 aromatic rings. The first kappa shape index (κ1) is 10.4. The molecule has 0 bridgehead atoms. The van der Waals surface area contributed by atoms with E-state index in [0.717, 1.165) is 0 Å². The number of pyridine rings is 1. The molecule has 15 heavy (non-hydrogen) atoms. The average molecular weight is 227 g/mol. The first-order valence-electron chi connectivity index (χ1n) is 4.65. The van der Waals surface area contributed by atoms with E-state index in [-0.39, 0.29) is 6.04 Å². The van der Waals surface area contributed by atoms with E-state index in [1.165, 1.54) is 6.20 Å². The van der Waals surface area contributed by atoms with Gasteiger partial charge in [0.2, 0.25) is 0 Å². The summed E-state index contributed by atoms with van der Waals surface area (Å²) in [5.74, 6) is -0.864. The standard InChI is InChI=1S/C10H11ClN2O2/c11-8-5-13-2-1-7(8)10(9(14)15)3-6(12)4-10/h1-2,5-6H,3-4,12H2,(H,14,15). The third kappa shape index (κ3) is 1.50. The minimum absolute atomic E-state index is 0.0506. The summed E-state index contributed by atoms with van der Waals surface area (Å²) >= 11 is 5.95. The Balaban J connectivity index is 2.43. The highest BCUT2D eigenvalue weighted by atomic mass is 35.5. The molecule has 80 valence electrons. The molecule has 4 nitrogen and oxygen atoms in total. The van der Waals surface area contributed by atoms with Crippen LogP contribution in [0.25, 0.3) is 0 Å². The SMILES string of the molecule is NC1CC(C(=O)O)(c2ccncc2Cl)C1. The molecule has 0 aromatic carbocycles. The van der Waals surface area contributed by atoms with Crippen molar-refractivity contribution in [3.8, 4) is 0 Å². The van der Waals surface area contributed by atoms with Gasteiger partial charge in [0.25, 0.3) is 0 Å². The van der Waals surface area contributed by atoms with Gasteiger partial charge in [0.05, 0.1) is 10.4 Å². The highest BCUT2D eigenvalue weighted by Gasteiger charge is 2.51. The molecule has 3 N–H and O–H groups in total. The van der Waals surface area contributed by atoms with E-state index in [2.05, 4.69) is 4.98 Å². The molecule has 0 atom stereocenters. The lowest BCUT2D eigenvalue weighted by Crippen LogP contribution is -2.54. The lowest BCUT2D eigenvalue weighted by atomic mass is 9.62. The van der Waals surface area contributed by atoms with Crippen LogP contribution in [0.1, 0.15) is 18.4 Å². The van der Waals surface area contributed by atoms with Gasteiger partial charge >= 0.3 is 5.97 Å². The highest BCUT2D eigenvalue weighted by Crippen LogP contribution is 2.45. The summed E-state index contributed by atoms with van der Waals surface area (Å²) < 4.78 is 0. The molecule has 2 rings (SSSR count). The largest absolute Gasteiger partial charge is 0.481 e. The predicted molar refractivity (Wildman–Crippen MR) is 55.8 cm³/mol. The van der Waals surface area contributed by atoms with Gasteiger partial charge in [-0.3, -0.25) is 9.78 Å². The Kier molecular flexibility index (Phi) is 2.40. The number of rotatable bonds is 2. The maximum absolute atomic E-state index is 11.3. The lowest BCUT2D eigenvalue weighted by Gasteiger charge is -2.43. The molecule has 0 unspecified atom stereocenters. The van der Waals surface area contributed by atoms with Gasteiger partial charge in [0.15, 0.2) is 0 Å². The van der Waals surface area contributed by atoms with Crippen LogP contribution in [0, 0.1) is 0 Å². The fourth-order valence-electron chi connectivity index (χ4n) is 2.11. The quantitative estimate of drug-likeness (QED) is 0.794. The summed E-state index contributed by atoms with van der Waals surface area (Å²) in [5.41, 5.74) is 5.37. The molecule has 1 fully saturated rings. The molecular formula is C10H11ClN2O2. The van der Waals surface area contributed by atoms with E-state index in [0.29, 0.717) is 23.4 Å². The van der Waals surface area contributed by atoms with Crippen molar-refractivity contribution < 1.29 is 9.90 Å². The highest BCUT2D eigenvalue weighted by molar-refractivity contribution is 6.31. The normalized spacial score (nSPS) is 29.6. The Hall–Kier alpha value is -1.13. The van der Waals surface area contributed by atoms with Gasteiger partial charge in [-0.25, -0.2) is 0 Å². The maximum Gasteiger partial charge on any atom is 0.314 e. The third-order valence-corrected chi connectivity index (χ3v) is 3.22. The number of aliphatic carboxylic acids is 1. The number of aromatic nitrogens is 1. The predicted octanol–water partition coefficient (Wildman–Crippen LogP) is 1.18. The van der Waals surface area contributed by atoms with E-state index in [1.54, 1.807) is 12.3 Å². The minimum Gasteiger partial charge on any atom is -0.481 e. The van der Waals surface area contributed by atoms with Crippen molar-refractivity contribution in [2.45, 2.75) is 24.3 Å². The van der Waals surface area contributed by atoms with E-state index < -0.39 is 11.4 Å². The zero-order valence-electron chi connectivity index (χ0n) is 7.98. The first-order valence-corrected chi connectivity index (χ1v) is 5.03. The third-order valence-electron chi connectivity index (χ3n) is 2.92. The molecule has 0 radical (unpaired) electrons. The first-order chi connectivity index (χ1) is 7.06. The number of carbonyl (C=O) groups is 1. The fraction of sp³-hybridized carbons (Fsp3) is 0.400. The van der Waals surface area contributed by atoms with Crippen LogP contribution < -0.4 is 5.73 Å². The second-order valence-electron chi connectivity index (χ2n) is 3.91. The van der Waals surface area contributed by atoms with Crippen LogP contribution in [0.3, 0.4) is 0 Å². The zero-order chi connectivity index (χ0) is 11.1. The second kappa shape index (κ2) is 3.47. The Morgan fingerprint density at radius 2 is 2.33 bits per heavy atom. The van der Waals surface area contributed by atoms with Gasteiger partial charge in [-0.05, 0) is 24.5 Å². The van der Waals surface area contributed by atoms with Gasteiger partial charge in [-0.2, -0.15) is 0 Å². The van der Waals surface area contributed by atoms with E-state index >= 15 is 0 Å². The number of hydrogen-bond donors (Lipinski definition) is 2. The van der Waals surface area contributed by atoms with Crippen molar-refractivity contribution in [1.29, 1.82) is 0 Å². The topological polar surface area (TPSA) is 76.2 Å². The monoisotopic (exact) mass is 226 g/mol. The number of nitrogens with two attached hydrogens (primary N) is 1. The van der Waals surface area contributed by atoms with Crippen LogP contribution in [0.4, 0.5) is 0 Å². The second-order valence-corrected chi connectivity index (χ2v) is 4.32. The van der Waals surface area contributed by atoms with Crippen molar-refractivity contribution in [3.05, 3.63) is 29.0 Å². The Morgan fingerprint density at radius 1 is 1.67 bits per heavy atom. The van der Waals surface area contributed by atoms with Gasteiger partial charge in [-0.1, -0.05) is 11.6 Å². The molecule has 1 heterocycles. The van der Waals surface area contributed by atoms with Crippen molar-refractivity contribution in [1.82, 2.24) is 4.98 Å². The molecule has 0 amide bonds. The maximum atomic E-state index is 11.3. The fourth-order valence-corrected chi connectivity index (χ4v) is 2.41. The van der Waals surface area contributed by atoms with Crippen molar-refractivity contribution >= 4 is 17.6 Å². The number of nitrogens with zero attached hydrogens (tertiary/aromatic N) is 1. The van der Waals surface area contributed by atoms with Crippen LogP contribution in [-0.4, -0.2) is 22.1 Å². The van der Waals surface area contributed by atoms with E-state index in [9.17, 15) is 9.90 Å². The Bertz CT molecular complexity index is 402. The van der Waals surface area contributed by atoms with Crippen LogP contribution in [0.5, 0.6) is 0 Å². The van der Waals surface area contributed by atoms with Gasteiger partial charge in [0, 0.05) is 18.4 Å². The summed E-state index contributed by atoms with van der Waals surface area (Å²) in [7, 11) is 0. The summed E-state index contributed by atoms with van der Waals surface area (Å²) in [4.78, 5) is 15.1. The number of carboxylic acid groups (broad SMARTS) is 1. The molecule has 0 aliphatic heterocycles. The van der Waals surface area contributed by atoms with E-state index in [1.807, 2.05) is 0 Å². The number of hydrogen-bond acceptors (Lipinski definition) is 3. The molecular weight excluding hydrogens is 216 g/mol. The summed E-state index contributed by atoms with van der Waals surface area (Å²) in [5, 5.41) is 9.64. The Morgan fingerprint density at radius 3 is 2.80 bits per heavy atom. The molecule has 1 aliphatic carbocycles. The zero-order valence-corrected chi connectivity index (χ0v) is 8.74. The number of halogens is 1. The lowest BCUT2D eigenvalue weighted by molar-refractivity contribution is -0.148. The van der Waals surface area contributed by atoms with Crippen LogP contribution >= 0.6 is 11.6 Å². The van der Waals surface area contributed by atoms with Crippen LogP contribution in [0.2, 0.25) is 5.02 Å². The van der Waals surface area contributed by atoms with Crippen molar-refractivity contribution in [2.75, 3.05) is 0 Å². The number of carboxylic acids is 1. The van der Waals surface area contributed by atoms with Gasteiger partial charge in [0.1, 0.15) is 0 Å². The van der Waals surface area contributed by atoms with Gasteiger partial charge in [-0.15, -0.1) is 0 Å². The Labute approximate surface area is 92.1 Å². The summed E-state index contributed by atoms with van der Waals surface area (Å²) in [6, 6.07) is 1.60. The smallest absolute Gasteiger partial charge is 0.314 e. The molecule has 0 saturated heterocycles. The van der Waals surface area contributed by atoms with Gasteiger partial charge < -0.3 is 10.8 Å². The van der Waals surface area contributed by atoms with Crippen molar-refractivity contribution in [3.63, 3.8) is 0 Å². The molecule has 1 aliphatic rings.